The van der Waals surface area contributed by atoms with E-state index in [1.807, 2.05) is 30.3 Å². The van der Waals surface area contributed by atoms with E-state index in [0.29, 0.717) is 11.4 Å². The first-order valence-corrected chi connectivity index (χ1v) is 9.29. The number of nitrogen functional groups attached to an aromatic ring is 2. The summed E-state index contributed by atoms with van der Waals surface area (Å²) in [6, 6.07) is 13.9. The maximum absolute atomic E-state index is 5.85. The second-order valence-corrected chi connectivity index (χ2v) is 7.36. The summed E-state index contributed by atoms with van der Waals surface area (Å²) in [4.78, 5) is 2.24. The third-order valence-corrected chi connectivity index (χ3v) is 5.30. The van der Waals surface area contributed by atoms with Gasteiger partial charge in [-0.3, -0.25) is 0 Å². The normalized spacial score (nSPS) is 17.1. The van der Waals surface area contributed by atoms with Gasteiger partial charge in [0.2, 0.25) is 0 Å². The zero-order valence-electron chi connectivity index (χ0n) is 13.8. The summed E-state index contributed by atoms with van der Waals surface area (Å²) < 4.78 is 5.84. The minimum absolute atomic E-state index is 0.622. The summed E-state index contributed by atoms with van der Waals surface area (Å²) in [5.41, 5.74) is 12.8. The van der Waals surface area contributed by atoms with Gasteiger partial charge < -0.3 is 21.5 Å². The van der Waals surface area contributed by atoms with Gasteiger partial charge in [-0.1, -0.05) is 11.8 Å². The molecule has 1 unspecified atom stereocenters. The Bertz CT molecular complexity index is 654. The highest BCUT2D eigenvalue weighted by atomic mass is 32.2. The van der Waals surface area contributed by atoms with Crippen LogP contribution in [0.25, 0.3) is 0 Å². The van der Waals surface area contributed by atoms with Gasteiger partial charge in [0.25, 0.3) is 0 Å². The van der Waals surface area contributed by atoms with E-state index in [4.69, 9.17) is 16.2 Å². The van der Waals surface area contributed by atoms with Gasteiger partial charge in [0.1, 0.15) is 5.75 Å². The van der Waals surface area contributed by atoms with Crippen LogP contribution in [0.5, 0.6) is 5.75 Å². The Morgan fingerprint density at radius 3 is 2.54 bits per heavy atom. The monoisotopic (exact) mass is 343 g/mol. The highest BCUT2D eigenvalue weighted by Gasteiger charge is 2.13. The number of ether oxygens (including phenoxy) is 1. The molecule has 0 aliphatic carbocycles. The topological polar surface area (TPSA) is 73.3 Å². The molecule has 0 spiro atoms. The highest BCUT2D eigenvalue weighted by molar-refractivity contribution is 7.99. The van der Waals surface area contributed by atoms with Crippen molar-refractivity contribution in [3.05, 3.63) is 42.5 Å². The van der Waals surface area contributed by atoms with Crippen LogP contribution in [0, 0.1) is 5.92 Å². The molecule has 0 amide bonds. The third kappa shape index (κ3) is 4.82. The number of benzene rings is 2. The minimum Gasteiger partial charge on any atom is -0.494 e. The van der Waals surface area contributed by atoms with E-state index in [-0.39, 0.29) is 0 Å². The predicted molar refractivity (Wildman–Crippen MR) is 102 cm³/mol. The van der Waals surface area contributed by atoms with Crippen LogP contribution >= 0.6 is 11.8 Å². The van der Waals surface area contributed by atoms with Crippen LogP contribution in [-0.4, -0.2) is 19.7 Å². The highest BCUT2D eigenvalue weighted by Crippen LogP contribution is 2.31. The van der Waals surface area contributed by atoms with Crippen LogP contribution in [0.2, 0.25) is 0 Å². The van der Waals surface area contributed by atoms with Crippen molar-refractivity contribution < 1.29 is 4.74 Å². The zero-order chi connectivity index (χ0) is 16.8. The van der Waals surface area contributed by atoms with Crippen LogP contribution in [0.1, 0.15) is 19.3 Å². The van der Waals surface area contributed by atoms with Gasteiger partial charge >= 0.3 is 0 Å². The van der Waals surface area contributed by atoms with Crippen molar-refractivity contribution in [3.63, 3.8) is 0 Å². The number of anilines is 2. The van der Waals surface area contributed by atoms with Gasteiger partial charge in [0.05, 0.1) is 18.0 Å². The van der Waals surface area contributed by atoms with Crippen molar-refractivity contribution in [3.8, 4) is 5.75 Å². The second-order valence-electron chi connectivity index (χ2n) is 6.21. The largest absolute Gasteiger partial charge is 0.494 e. The van der Waals surface area contributed by atoms with Crippen LogP contribution in [0.15, 0.2) is 52.3 Å². The molecule has 5 N–H and O–H groups in total. The molecule has 0 bridgehead atoms. The fourth-order valence-corrected chi connectivity index (χ4v) is 3.75. The summed E-state index contributed by atoms with van der Waals surface area (Å²) in [6.45, 7) is 3.13. The Kier molecular flexibility index (Phi) is 5.88. The first-order valence-electron chi connectivity index (χ1n) is 8.47. The molecule has 5 heteroatoms. The van der Waals surface area contributed by atoms with Gasteiger partial charge in [-0.05, 0) is 80.7 Å². The van der Waals surface area contributed by atoms with Crippen LogP contribution < -0.4 is 21.5 Å². The average molecular weight is 343 g/mol. The van der Waals surface area contributed by atoms with Gasteiger partial charge in [0.15, 0.2) is 0 Å². The standard InChI is InChI=1S/C19H25N3OS/c20-18-8-7-17(12-19(18)21)24-16-5-3-15(4-6-16)23-11-1-2-14-9-10-22-13-14/h3-8,12,14,22H,1-2,9-11,13,20-21H2. The van der Waals surface area contributed by atoms with Crippen LogP contribution in [0.4, 0.5) is 11.4 Å². The molecule has 1 saturated heterocycles. The van der Waals surface area contributed by atoms with Gasteiger partial charge in [-0.2, -0.15) is 0 Å². The lowest BCUT2D eigenvalue weighted by Gasteiger charge is -2.10. The fraction of sp³-hybridized carbons (Fsp3) is 0.368. The van der Waals surface area contributed by atoms with E-state index in [2.05, 4.69) is 17.4 Å². The minimum atomic E-state index is 0.622. The molecule has 1 heterocycles. The van der Waals surface area contributed by atoms with Crippen molar-refractivity contribution >= 4 is 23.1 Å². The molecular weight excluding hydrogens is 318 g/mol. The molecule has 1 aliphatic heterocycles. The summed E-state index contributed by atoms with van der Waals surface area (Å²) in [5, 5.41) is 3.41. The maximum atomic E-state index is 5.85. The zero-order valence-corrected chi connectivity index (χ0v) is 14.6. The van der Waals surface area contributed by atoms with Crippen molar-refractivity contribution in [2.75, 3.05) is 31.2 Å². The van der Waals surface area contributed by atoms with Gasteiger partial charge in [0, 0.05) is 9.79 Å². The SMILES string of the molecule is Nc1ccc(Sc2ccc(OCCCC3CCNC3)cc2)cc1N. The fourth-order valence-electron chi connectivity index (χ4n) is 2.88. The predicted octanol–water partition coefficient (Wildman–Crippen LogP) is 3.77. The van der Waals surface area contributed by atoms with E-state index in [1.165, 1.54) is 25.9 Å². The number of hydrogen-bond acceptors (Lipinski definition) is 5. The first-order chi connectivity index (χ1) is 11.7. The van der Waals surface area contributed by atoms with E-state index < -0.39 is 0 Å². The summed E-state index contributed by atoms with van der Waals surface area (Å²) in [6.07, 6.45) is 3.68. The van der Waals surface area contributed by atoms with E-state index >= 15 is 0 Å². The molecule has 1 fully saturated rings. The number of rotatable bonds is 7. The summed E-state index contributed by atoms with van der Waals surface area (Å²) in [5.74, 6) is 1.76. The molecule has 2 aromatic rings. The average Bonchev–Trinajstić information content (AvgIpc) is 3.10. The molecule has 1 aliphatic rings. The molecule has 4 nitrogen and oxygen atoms in total. The Labute approximate surface area is 148 Å². The van der Waals surface area contributed by atoms with Crippen molar-refractivity contribution in [1.29, 1.82) is 0 Å². The van der Waals surface area contributed by atoms with Gasteiger partial charge in [-0.25, -0.2) is 0 Å². The number of nitrogens with one attached hydrogen (secondary N) is 1. The lowest BCUT2D eigenvalue weighted by Crippen LogP contribution is -2.09. The van der Waals surface area contributed by atoms with Crippen LogP contribution in [-0.2, 0) is 0 Å². The molecule has 3 rings (SSSR count). The number of hydrogen-bond donors (Lipinski definition) is 3. The molecule has 128 valence electrons. The second kappa shape index (κ2) is 8.31. The Morgan fingerprint density at radius 2 is 1.83 bits per heavy atom. The first kappa shape index (κ1) is 17.0. The molecule has 0 aromatic heterocycles. The summed E-state index contributed by atoms with van der Waals surface area (Å²) in [7, 11) is 0. The molecule has 1 atom stereocenters. The van der Waals surface area contributed by atoms with Crippen molar-refractivity contribution in [1.82, 2.24) is 5.32 Å². The number of nitrogens with two attached hydrogens (primary N) is 2. The third-order valence-electron chi connectivity index (χ3n) is 4.31. The van der Waals surface area contributed by atoms with E-state index in [1.54, 1.807) is 11.8 Å². The Morgan fingerprint density at radius 1 is 1.04 bits per heavy atom. The Balaban J connectivity index is 1.45. The molecule has 24 heavy (non-hydrogen) atoms. The molecule has 0 radical (unpaired) electrons. The van der Waals surface area contributed by atoms with Crippen molar-refractivity contribution in [2.45, 2.75) is 29.1 Å². The van der Waals surface area contributed by atoms with E-state index in [9.17, 15) is 0 Å². The van der Waals surface area contributed by atoms with Crippen molar-refractivity contribution in [2.24, 2.45) is 5.92 Å². The molecule has 2 aromatic carbocycles. The lowest BCUT2D eigenvalue weighted by molar-refractivity contribution is 0.295. The van der Waals surface area contributed by atoms with Gasteiger partial charge in [-0.15, -0.1) is 0 Å². The lowest BCUT2D eigenvalue weighted by atomic mass is 10.0. The van der Waals surface area contributed by atoms with E-state index in [0.717, 1.165) is 34.5 Å². The van der Waals surface area contributed by atoms with Crippen LogP contribution in [0.3, 0.4) is 0 Å². The molecular formula is C19H25N3OS. The summed E-state index contributed by atoms with van der Waals surface area (Å²) >= 11 is 1.67. The quantitative estimate of drug-likeness (QED) is 0.527. The molecule has 0 saturated carbocycles. The Hall–Kier alpha value is -1.85. The smallest absolute Gasteiger partial charge is 0.119 e. The maximum Gasteiger partial charge on any atom is 0.119 e.